The Labute approximate surface area is 174 Å². The van der Waals surface area contributed by atoms with Crippen LogP contribution in [0.15, 0.2) is 23.8 Å². The molecule has 4 aliphatic rings. The van der Waals surface area contributed by atoms with E-state index < -0.39 is 0 Å². The molecule has 7 atom stereocenters. The third-order valence-corrected chi connectivity index (χ3v) is 10.2. The summed E-state index contributed by atoms with van der Waals surface area (Å²) in [5, 5.41) is 9.22. The van der Waals surface area contributed by atoms with Crippen molar-refractivity contribution >= 4 is 0 Å². The third-order valence-electron chi connectivity index (χ3n) is 10.2. The van der Waals surface area contributed by atoms with E-state index in [2.05, 4.69) is 33.4 Å². The lowest BCUT2D eigenvalue weighted by Crippen LogP contribution is -2.50. The molecule has 158 valence electrons. The number of fused-ring (bicyclic) bond motifs is 5. The number of rotatable bonds is 6. The molecule has 0 aromatic rings. The second-order valence-electron chi connectivity index (χ2n) is 11.5. The molecule has 28 heavy (non-hydrogen) atoms. The van der Waals surface area contributed by atoms with Crippen molar-refractivity contribution in [2.45, 2.75) is 97.8 Å². The Morgan fingerprint density at radius 1 is 1.18 bits per heavy atom. The maximum Gasteiger partial charge on any atom is 0.0639 e. The quantitative estimate of drug-likeness (QED) is 0.476. The summed E-state index contributed by atoms with van der Waals surface area (Å²) in [7, 11) is 0. The number of aliphatic hydroxyl groups is 1. The van der Waals surface area contributed by atoms with Gasteiger partial charge in [0.2, 0.25) is 0 Å². The average Bonchev–Trinajstić information content (AvgIpc) is 3.04. The first-order chi connectivity index (χ1) is 13.4. The molecule has 0 aromatic heterocycles. The van der Waals surface area contributed by atoms with Crippen LogP contribution in [0.2, 0.25) is 0 Å². The molecular formula is C27H44O. The van der Waals surface area contributed by atoms with E-state index in [-0.39, 0.29) is 6.61 Å². The molecule has 0 heterocycles. The van der Waals surface area contributed by atoms with Crippen molar-refractivity contribution < 1.29 is 5.11 Å². The van der Waals surface area contributed by atoms with Crippen molar-refractivity contribution in [1.82, 2.24) is 0 Å². The highest BCUT2D eigenvalue weighted by molar-refractivity contribution is 5.24. The van der Waals surface area contributed by atoms with Crippen molar-refractivity contribution in [3.63, 3.8) is 0 Å². The van der Waals surface area contributed by atoms with Crippen LogP contribution in [0.25, 0.3) is 0 Å². The smallest absolute Gasteiger partial charge is 0.0639 e. The topological polar surface area (TPSA) is 20.2 Å². The summed E-state index contributed by atoms with van der Waals surface area (Å²) in [6, 6.07) is 0. The largest absolute Gasteiger partial charge is 0.392 e. The van der Waals surface area contributed by atoms with Gasteiger partial charge in [0.15, 0.2) is 0 Å². The van der Waals surface area contributed by atoms with Gasteiger partial charge in [0.25, 0.3) is 0 Å². The van der Waals surface area contributed by atoms with Gasteiger partial charge in [0.1, 0.15) is 0 Å². The van der Waals surface area contributed by atoms with E-state index in [1.165, 1.54) is 70.6 Å². The van der Waals surface area contributed by atoms with Gasteiger partial charge in [-0.1, -0.05) is 57.4 Å². The Morgan fingerprint density at radius 2 is 2.00 bits per heavy atom. The lowest BCUT2D eigenvalue weighted by atomic mass is 9.47. The van der Waals surface area contributed by atoms with Gasteiger partial charge in [-0.05, 0) is 105 Å². The minimum atomic E-state index is 0.162. The van der Waals surface area contributed by atoms with Crippen molar-refractivity contribution in [2.75, 3.05) is 6.61 Å². The Balaban J connectivity index is 1.46. The molecule has 3 fully saturated rings. The highest BCUT2D eigenvalue weighted by atomic mass is 16.3. The molecule has 0 radical (unpaired) electrons. The first kappa shape index (κ1) is 20.7. The van der Waals surface area contributed by atoms with E-state index in [1.807, 2.05) is 5.57 Å². The minimum absolute atomic E-state index is 0.162. The van der Waals surface area contributed by atoms with Crippen LogP contribution in [0.5, 0.6) is 0 Å². The molecule has 0 amide bonds. The molecule has 1 heteroatoms. The van der Waals surface area contributed by atoms with Crippen LogP contribution in [0, 0.1) is 40.4 Å². The fourth-order valence-corrected chi connectivity index (χ4v) is 8.63. The van der Waals surface area contributed by atoms with Crippen molar-refractivity contribution in [3.8, 4) is 0 Å². The van der Waals surface area contributed by atoms with Gasteiger partial charge < -0.3 is 5.11 Å². The summed E-state index contributed by atoms with van der Waals surface area (Å²) in [4.78, 5) is 0. The summed E-state index contributed by atoms with van der Waals surface area (Å²) in [5.41, 5.74) is 3.96. The van der Waals surface area contributed by atoms with Gasteiger partial charge in [-0.3, -0.25) is 0 Å². The van der Waals surface area contributed by atoms with Gasteiger partial charge in [-0.15, -0.1) is 0 Å². The van der Waals surface area contributed by atoms with E-state index >= 15 is 0 Å². The number of aliphatic hydroxyl groups excluding tert-OH is 1. The zero-order chi connectivity index (χ0) is 19.9. The van der Waals surface area contributed by atoms with Crippen molar-refractivity contribution in [2.24, 2.45) is 40.4 Å². The predicted molar refractivity (Wildman–Crippen MR) is 119 cm³/mol. The lowest BCUT2D eigenvalue weighted by molar-refractivity contribution is -0.0499. The Morgan fingerprint density at radius 3 is 2.79 bits per heavy atom. The molecule has 0 saturated heterocycles. The maximum atomic E-state index is 9.22. The van der Waals surface area contributed by atoms with Crippen LogP contribution < -0.4 is 0 Å². The van der Waals surface area contributed by atoms with Crippen LogP contribution in [0.4, 0.5) is 0 Å². The van der Waals surface area contributed by atoms with Gasteiger partial charge in [-0.2, -0.15) is 0 Å². The molecule has 0 aliphatic heterocycles. The zero-order valence-electron chi connectivity index (χ0n) is 18.8. The van der Waals surface area contributed by atoms with Crippen LogP contribution in [0.3, 0.4) is 0 Å². The summed E-state index contributed by atoms with van der Waals surface area (Å²) < 4.78 is 0. The lowest BCUT2D eigenvalue weighted by Gasteiger charge is -2.58. The van der Waals surface area contributed by atoms with E-state index in [4.69, 9.17) is 0 Å². The predicted octanol–water partition coefficient (Wildman–Crippen LogP) is 7.31. The SMILES string of the molecule is C=C(CO)CCC[C@@H](C)[C@H]1CC[C@H]2[C@@H]3CC=C4CCCC[C@]4(C)[C@H]3CC[C@]12C. The van der Waals surface area contributed by atoms with E-state index in [9.17, 15) is 5.11 Å². The fourth-order valence-electron chi connectivity index (χ4n) is 8.63. The maximum absolute atomic E-state index is 9.22. The van der Waals surface area contributed by atoms with Crippen molar-refractivity contribution in [3.05, 3.63) is 23.8 Å². The Kier molecular flexibility index (Phi) is 5.87. The van der Waals surface area contributed by atoms with Gasteiger partial charge in [-0.25, -0.2) is 0 Å². The number of hydrogen-bond donors (Lipinski definition) is 1. The molecule has 0 bridgehead atoms. The molecule has 4 aliphatic carbocycles. The van der Waals surface area contributed by atoms with E-state index in [0.29, 0.717) is 10.8 Å². The highest BCUT2D eigenvalue weighted by Gasteiger charge is 2.58. The van der Waals surface area contributed by atoms with Gasteiger partial charge >= 0.3 is 0 Å². The van der Waals surface area contributed by atoms with Crippen LogP contribution in [-0.2, 0) is 0 Å². The van der Waals surface area contributed by atoms with E-state index in [1.54, 1.807) is 0 Å². The number of allylic oxidation sites excluding steroid dienone is 2. The summed E-state index contributed by atoms with van der Waals surface area (Å²) >= 11 is 0. The van der Waals surface area contributed by atoms with Crippen LogP contribution >= 0.6 is 0 Å². The molecule has 1 N–H and O–H groups in total. The Bertz CT molecular complexity index is 618. The normalized spacial score (nSPS) is 43.5. The molecular weight excluding hydrogens is 340 g/mol. The fraction of sp³-hybridized carbons (Fsp3) is 0.852. The molecule has 4 rings (SSSR count). The van der Waals surface area contributed by atoms with Gasteiger partial charge in [0, 0.05) is 0 Å². The second-order valence-corrected chi connectivity index (χ2v) is 11.5. The number of hydrogen-bond acceptors (Lipinski definition) is 1. The monoisotopic (exact) mass is 384 g/mol. The molecule has 0 aromatic carbocycles. The van der Waals surface area contributed by atoms with E-state index in [0.717, 1.165) is 41.6 Å². The van der Waals surface area contributed by atoms with Crippen LogP contribution in [0.1, 0.15) is 97.8 Å². The second kappa shape index (κ2) is 7.93. The summed E-state index contributed by atoms with van der Waals surface area (Å²) in [6.45, 7) is 12.0. The minimum Gasteiger partial charge on any atom is -0.392 e. The molecule has 0 spiro atoms. The first-order valence-electron chi connectivity index (χ1n) is 12.4. The molecule has 3 saturated carbocycles. The Hall–Kier alpha value is -0.560. The first-order valence-corrected chi connectivity index (χ1v) is 12.4. The molecule has 1 nitrogen and oxygen atoms in total. The standard InChI is InChI=1S/C27H44O/c1-19(18-28)8-7-9-20(2)23-13-14-24-22-12-11-21-10-5-6-16-26(21,3)25(22)15-17-27(23,24)4/h11,20,22-25,28H,1,5-10,12-18H2,2-4H3/t20-,22+,23-,24+,25+,26+,27-/m1/s1. The van der Waals surface area contributed by atoms with Crippen molar-refractivity contribution in [1.29, 1.82) is 0 Å². The van der Waals surface area contributed by atoms with Gasteiger partial charge in [0.05, 0.1) is 6.61 Å². The third kappa shape index (κ3) is 3.34. The average molecular weight is 385 g/mol. The van der Waals surface area contributed by atoms with Crippen LogP contribution in [-0.4, -0.2) is 11.7 Å². The molecule has 0 unspecified atom stereocenters. The summed E-state index contributed by atoms with van der Waals surface area (Å²) in [6.07, 6.45) is 19.2. The zero-order valence-corrected chi connectivity index (χ0v) is 18.8. The summed E-state index contributed by atoms with van der Waals surface area (Å²) in [5.74, 6) is 4.61. The highest BCUT2D eigenvalue weighted by Crippen LogP contribution is 2.67.